The molecule has 1 nitrogen and oxygen atoms in total. The molecule has 0 radical (unpaired) electrons. The normalized spacial score (nSPS) is 26.0. The van der Waals surface area contributed by atoms with E-state index in [9.17, 15) is 0 Å². The molecule has 17 heavy (non-hydrogen) atoms. The van der Waals surface area contributed by atoms with Crippen LogP contribution in [0.1, 0.15) is 55.0 Å². The quantitative estimate of drug-likeness (QED) is 0.833. The van der Waals surface area contributed by atoms with Gasteiger partial charge in [-0.25, -0.2) is 0 Å². The number of rotatable bonds is 4. The zero-order chi connectivity index (χ0) is 12.6. The van der Waals surface area contributed by atoms with E-state index >= 15 is 0 Å². The largest absolute Gasteiger partial charge is 0.307 e. The molecule has 1 atom stereocenters. The van der Waals surface area contributed by atoms with E-state index < -0.39 is 0 Å². The lowest BCUT2D eigenvalue weighted by Crippen LogP contribution is -2.44. The van der Waals surface area contributed by atoms with E-state index in [0.717, 1.165) is 17.9 Å². The summed E-state index contributed by atoms with van der Waals surface area (Å²) in [7, 11) is 0. The minimum Gasteiger partial charge on any atom is -0.307 e. The fourth-order valence-electron chi connectivity index (χ4n) is 2.87. The number of hydrogen-bond acceptors (Lipinski definition) is 2. The zero-order valence-electron chi connectivity index (χ0n) is 11.7. The van der Waals surface area contributed by atoms with Crippen molar-refractivity contribution < 1.29 is 0 Å². The SMILES string of the molecule is Cc1cc(C(C)NC2CC(C(C)C)C2)c(C)s1. The molecule has 1 saturated carbocycles. The van der Waals surface area contributed by atoms with Gasteiger partial charge in [0.2, 0.25) is 0 Å². The van der Waals surface area contributed by atoms with E-state index in [1.165, 1.54) is 28.2 Å². The lowest BCUT2D eigenvalue weighted by Gasteiger charge is -2.40. The van der Waals surface area contributed by atoms with Gasteiger partial charge in [-0.2, -0.15) is 0 Å². The molecule has 0 bridgehead atoms. The molecule has 0 aliphatic heterocycles. The molecule has 1 aliphatic rings. The molecular formula is C15H25NS. The summed E-state index contributed by atoms with van der Waals surface area (Å²) in [6, 6.07) is 3.60. The molecule has 1 aromatic rings. The molecule has 1 unspecified atom stereocenters. The first-order valence-electron chi connectivity index (χ1n) is 6.80. The van der Waals surface area contributed by atoms with Gasteiger partial charge >= 0.3 is 0 Å². The van der Waals surface area contributed by atoms with Gasteiger partial charge in [-0.1, -0.05) is 13.8 Å². The molecule has 96 valence electrons. The van der Waals surface area contributed by atoms with Crippen molar-refractivity contribution in [2.24, 2.45) is 11.8 Å². The topological polar surface area (TPSA) is 12.0 Å². The Hall–Kier alpha value is -0.340. The fourth-order valence-corrected chi connectivity index (χ4v) is 3.89. The smallest absolute Gasteiger partial charge is 0.0305 e. The highest BCUT2D eigenvalue weighted by atomic mass is 32.1. The van der Waals surface area contributed by atoms with E-state index in [2.05, 4.69) is 46.0 Å². The third kappa shape index (κ3) is 2.92. The van der Waals surface area contributed by atoms with Gasteiger partial charge < -0.3 is 5.32 Å². The maximum absolute atomic E-state index is 3.78. The van der Waals surface area contributed by atoms with Crippen LogP contribution in [0.15, 0.2) is 6.07 Å². The van der Waals surface area contributed by atoms with E-state index in [0.29, 0.717) is 6.04 Å². The van der Waals surface area contributed by atoms with E-state index in [1.807, 2.05) is 11.3 Å². The van der Waals surface area contributed by atoms with Gasteiger partial charge in [-0.15, -0.1) is 11.3 Å². The van der Waals surface area contributed by atoms with Gasteiger partial charge in [0, 0.05) is 21.8 Å². The average Bonchev–Trinajstić information content (AvgIpc) is 2.49. The highest BCUT2D eigenvalue weighted by Gasteiger charge is 2.32. The predicted molar refractivity (Wildman–Crippen MR) is 76.7 cm³/mol. The minimum absolute atomic E-state index is 0.512. The molecular weight excluding hydrogens is 226 g/mol. The number of thiophene rings is 1. The molecule has 2 heteroatoms. The Morgan fingerprint density at radius 1 is 1.24 bits per heavy atom. The van der Waals surface area contributed by atoms with Gasteiger partial charge in [0.25, 0.3) is 0 Å². The average molecular weight is 251 g/mol. The molecule has 1 aliphatic carbocycles. The van der Waals surface area contributed by atoms with E-state index in [1.54, 1.807) is 0 Å². The summed E-state index contributed by atoms with van der Waals surface area (Å²) >= 11 is 1.92. The van der Waals surface area contributed by atoms with Crippen molar-refractivity contribution in [3.05, 3.63) is 21.4 Å². The number of hydrogen-bond donors (Lipinski definition) is 1. The Balaban J connectivity index is 1.87. The first-order chi connectivity index (χ1) is 7.97. The summed E-state index contributed by atoms with van der Waals surface area (Å²) in [5.41, 5.74) is 1.50. The van der Waals surface area contributed by atoms with Crippen molar-refractivity contribution in [2.75, 3.05) is 0 Å². The van der Waals surface area contributed by atoms with Gasteiger partial charge in [0.15, 0.2) is 0 Å². The Morgan fingerprint density at radius 3 is 2.35 bits per heavy atom. The minimum atomic E-state index is 0.512. The van der Waals surface area contributed by atoms with Crippen molar-refractivity contribution in [2.45, 2.75) is 59.5 Å². The summed E-state index contributed by atoms with van der Waals surface area (Å²) in [4.78, 5) is 2.90. The maximum Gasteiger partial charge on any atom is 0.0305 e. The molecule has 1 N–H and O–H groups in total. The molecule has 0 saturated heterocycles. The van der Waals surface area contributed by atoms with Crippen LogP contribution >= 0.6 is 11.3 Å². The lowest BCUT2D eigenvalue weighted by molar-refractivity contribution is 0.159. The fraction of sp³-hybridized carbons (Fsp3) is 0.733. The van der Waals surface area contributed by atoms with E-state index in [-0.39, 0.29) is 0 Å². The molecule has 0 aromatic carbocycles. The zero-order valence-corrected chi connectivity index (χ0v) is 12.5. The molecule has 1 aromatic heterocycles. The molecule has 0 amide bonds. The van der Waals surface area contributed by atoms with Crippen LogP contribution < -0.4 is 5.32 Å². The van der Waals surface area contributed by atoms with Crippen molar-refractivity contribution in [3.63, 3.8) is 0 Å². The summed E-state index contributed by atoms with van der Waals surface area (Å²) in [6.45, 7) is 11.4. The van der Waals surface area contributed by atoms with Crippen LogP contribution in [0.3, 0.4) is 0 Å². The van der Waals surface area contributed by atoms with Crippen LogP contribution in [0, 0.1) is 25.7 Å². The van der Waals surface area contributed by atoms with Crippen LogP contribution in [-0.4, -0.2) is 6.04 Å². The third-order valence-electron chi connectivity index (χ3n) is 4.15. The van der Waals surface area contributed by atoms with Crippen molar-refractivity contribution >= 4 is 11.3 Å². The van der Waals surface area contributed by atoms with Crippen LogP contribution in [-0.2, 0) is 0 Å². The summed E-state index contributed by atoms with van der Waals surface area (Å²) in [5.74, 6) is 1.80. The summed E-state index contributed by atoms with van der Waals surface area (Å²) < 4.78 is 0. The molecule has 1 fully saturated rings. The molecule has 1 heterocycles. The van der Waals surface area contributed by atoms with Crippen molar-refractivity contribution in [1.82, 2.24) is 5.32 Å². The Kier molecular flexibility index (Phi) is 3.94. The van der Waals surface area contributed by atoms with Crippen LogP contribution in [0.2, 0.25) is 0 Å². The van der Waals surface area contributed by atoms with Gasteiger partial charge in [0.1, 0.15) is 0 Å². The first-order valence-corrected chi connectivity index (χ1v) is 7.62. The monoisotopic (exact) mass is 251 g/mol. The lowest BCUT2D eigenvalue weighted by atomic mass is 9.73. The van der Waals surface area contributed by atoms with Crippen molar-refractivity contribution in [1.29, 1.82) is 0 Å². The van der Waals surface area contributed by atoms with Gasteiger partial charge in [-0.05, 0) is 57.1 Å². The standard InChI is InChI=1S/C15H25NS/c1-9(2)13-7-14(8-13)16-11(4)15-6-10(3)17-12(15)5/h6,9,11,13-14,16H,7-8H2,1-5H3. The van der Waals surface area contributed by atoms with Crippen LogP contribution in [0.4, 0.5) is 0 Å². The second-order valence-electron chi connectivity index (χ2n) is 5.93. The Labute approximate surface area is 110 Å². The Morgan fingerprint density at radius 2 is 1.88 bits per heavy atom. The van der Waals surface area contributed by atoms with Gasteiger partial charge in [0.05, 0.1) is 0 Å². The predicted octanol–water partition coefficient (Wildman–Crippen LogP) is 4.45. The Bertz CT molecular complexity index is 374. The highest BCUT2D eigenvalue weighted by molar-refractivity contribution is 7.12. The van der Waals surface area contributed by atoms with E-state index in [4.69, 9.17) is 0 Å². The molecule has 2 rings (SSSR count). The second kappa shape index (κ2) is 5.11. The van der Waals surface area contributed by atoms with Gasteiger partial charge in [-0.3, -0.25) is 0 Å². The highest BCUT2D eigenvalue weighted by Crippen LogP contribution is 2.35. The second-order valence-corrected chi connectivity index (χ2v) is 7.39. The summed E-state index contributed by atoms with van der Waals surface area (Å²) in [6.07, 6.45) is 2.73. The maximum atomic E-state index is 3.78. The first kappa shape index (κ1) is 13.1. The third-order valence-corrected chi connectivity index (χ3v) is 5.13. The molecule has 0 spiro atoms. The number of nitrogens with one attached hydrogen (secondary N) is 1. The van der Waals surface area contributed by atoms with Crippen LogP contribution in [0.25, 0.3) is 0 Å². The van der Waals surface area contributed by atoms with Crippen molar-refractivity contribution in [3.8, 4) is 0 Å². The number of aryl methyl sites for hydroxylation is 2. The summed E-state index contributed by atoms with van der Waals surface area (Å²) in [5, 5.41) is 3.78. The van der Waals surface area contributed by atoms with Crippen LogP contribution in [0.5, 0.6) is 0 Å².